The number of hydrogen-bond donors (Lipinski definition) is 0. The zero-order chi connectivity index (χ0) is 33.5. The van der Waals surface area contributed by atoms with Crippen LogP contribution in [0.15, 0.2) is 182 Å². The molecule has 1 aromatic heterocycles. The Morgan fingerprint density at radius 1 is 0.235 bits per heavy atom. The summed E-state index contributed by atoms with van der Waals surface area (Å²) in [5, 5.41) is 15.5. The molecule has 0 nitrogen and oxygen atoms in total. The molecule has 0 bridgehead atoms. The summed E-state index contributed by atoms with van der Waals surface area (Å²) in [4.78, 5) is 0. The summed E-state index contributed by atoms with van der Waals surface area (Å²) in [5.41, 5.74) is 7.66. The first-order valence-corrected chi connectivity index (χ1v) is 18.4. The molecule has 0 atom stereocenters. The molecule has 0 saturated carbocycles. The van der Waals surface area contributed by atoms with E-state index in [2.05, 4.69) is 182 Å². The molecule has 0 unspecified atom stereocenters. The van der Waals surface area contributed by atoms with Crippen LogP contribution in [0.25, 0.3) is 107 Å². The van der Waals surface area contributed by atoms with Crippen LogP contribution in [0.2, 0.25) is 0 Å². The average molecular weight is 663 g/mol. The second-order valence-corrected chi connectivity index (χ2v) is 14.6. The molecule has 0 aliphatic heterocycles. The Bertz CT molecular complexity index is 3130. The minimum Gasteiger partial charge on any atom is -0.135 e. The molecule has 11 aromatic rings. The lowest BCUT2D eigenvalue weighted by Crippen LogP contribution is -1.93. The van der Waals surface area contributed by atoms with E-state index in [9.17, 15) is 0 Å². The van der Waals surface area contributed by atoms with Crippen LogP contribution in [-0.2, 0) is 0 Å². The zero-order valence-electron chi connectivity index (χ0n) is 27.7. The van der Waals surface area contributed by atoms with Gasteiger partial charge in [-0.1, -0.05) is 170 Å². The van der Waals surface area contributed by atoms with Crippen molar-refractivity contribution in [2.45, 2.75) is 0 Å². The number of benzene rings is 10. The highest BCUT2D eigenvalue weighted by molar-refractivity contribution is 7.26. The largest absolute Gasteiger partial charge is 0.135 e. The van der Waals surface area contributed by atoms with Crippen molar-refractivity contribution in [1.82, 2.24) is 0 Å². The van der Waals surface area contributed by atoms with Gasteiger partial charge in [-0.2, -0.15) is 0 Å². The lowest BCUT2D eigenvalue weighted by atomic mass is 9.83. The maximum Gasteiger partial charge on any atom is 0.0361 e. The molecule has 1 heterocycles. The Kier molecular flexibility index (Phi) is 6.22. The fraction of sp³-hybridized carbons (Fsp3) is 0. The summed E-state index contributed by atoms with van der Waals surface area (Å²) in [6, 6.07) is 67.5. The van der Waals surface area contributed by atoms with Crippen LogP contribution in [0.5, 0.6) is 0 Å². The molecule has 10 aromatic carbocycles. The summed E-state index contributed by atoms with van der Waals surface area (Å²) < 4.78 is 2.68. The topological polar surface area (TPSA) is 0 Å². The van der Waals surface area contributed by atoms with E-state index in [1.165, 1.54) is 107 Å². The number of rotatable bonds is 3. The lowest BCUT2D eigenvalue weighted by molar-refractivity contribution is 1.67. The number of fused-ring (bicyclic) bond motifs is 9. The van der Waals surface area contributed by atoms with Gasteiger partial charge in [-0.25, -0.2) is 0 Å². The fourth-order valence-corrected chi connectivity index (χ4v) is 9.84. The highest BCUT2D eigenvalue weighted by Gasteiger charge is 2.20. The molecule has 0 fully saturated rings. The van der Waals surface area contributed by atoms with E-state index in [0.29, 0.717) is 0 Å². The van der Waals surface area contributed by atoms with Gasteiger partial charge < -0.3 is 0 Å². The van der Waals surface area contributed by atoms with E-state index in [1.54, 1.807) is 0 Å². The fourth-order valence-electron chi connectivity index (χ4n) is 8.72. The first-order valence-electron chi connectivity index (χ1n) is 17.6. The van der Waals surface area contributed by atoms with Gasteiger partial charge in [0.25, 0.3) is 0 Å². The van der Waals surface area contributed by atoms with Gasteiger partial charge in [0.1, 0.15) is 0 Å². The maximum absolute atomic E-state index is 2.38. The van der Waals surface area contributed by atoms with E-state index in [-0.39, 0.29) is 0 Å². The molecular formula is C50H30S. The molecule has 236 valence electrons. The molecule has 0 saturated heterocycles. The Labute approximate surface area is 299 Å². The average Bonchev–Trinajstić information content (AvgIpc) is 3.59. The summed E-state index contributed by atoms with van der Waals surface area (Å²) in [7, 11) is 0. The SMILES string of the molecule is c1ccc2c(-c3c4ccccc4c(-c4ccc(-c5cccc6c5ccc5sc7ccccc7c56)c5ccccc45)c4ccccc34)cccc2c1. The molecule has 51 heavy (non-hydrogen) atoms. The Hall–Kier alpha value is -6.28. The molecule has 0 amide bonds. The van der Waals surface area contributed by atoms with Crippen LogP contribution < -0.4 is 0 Å². The standard InChI is InChI=1S/C50H30S/c1-2-15-32-31(13-1)14-11-24-38(32)48-40-18-5-7-20-42(40)49(43-21-8-6-19-41(43)48)44-28-27-36(33-16-3-4-17-35(33)44)34-23-12-25-39-37(34)29-30-47-50(39)45-22-9-10-26-46(45)51-47/h1-30H. The van der Waals surface area contributed by atoms with Crippen molar-refractivity contribution in [2.75, 3.05) is 0 Å². The minimum absolute atomic E-state index is 1.26. The summed E-state index contributed by atoms with van der Waals surface area (Å²) in [5.74, 6) is 0. The number of hydrogen-bond acceptors (Lipinski definition) is 1. The Balaban J connectivity index is 1.20. The molecule has 0 N–H and O–H groups in total. The first kappa shape index (κ1) is 28.5. The van der Waals surface area contributed by atoms with E-state index in [4.69, 9.17) is 0 Å². The molecule has 0 spiro atoms. The van der Waals surface area contributed by atoms with E-state index in [0.717, 1.165) is 0 Å². The van der Waals surface area contributed by atoms with Gasteiger partial charge in [-0.3, -0.25) is 0 Å². The molecule has 0 aliphatic carbocycles. The van der Waals surface area contributed by atoms with Gasteiger partial charge in [-0.05, 0) is 99.4 Å². The van der Waals surface area contributed by atoms with Crippen molar-refractivity contribution in [3.05, 3.63) is 182 Å². The van der Waals surface area contributed by atoms with Crippen molar-refractivity contribution >= 4 is 85.4 Å². The van der Waals surface area contributed by atoms with Gasteiger partial charge in [0.05, 0.1) is 0 Å². The van der Waals surface area contributed by atoms with E-state index >= 15 is 0 Å². The highest BCUT2D eigenvalue weighted by atomic mass is 32.1. The van der Waals surface area contributed by atoms with Gasteiger partial charge >= 0.3 is 0 Å². The van der Waals surface area contributed by atoms with E-state index < -0.39 is 0 Å². The van der Waals surface area contributed by atoms with Crippen LogP contribution in [0.1, 0.15) is 0 Å². The summed E-state index contributed by atoms with van der Waals surface area (Å²) in [6.07, 6.45) is 0. The predicted molar refractivity (Wildman–Crippen MR) is 223 cm³/mol. The first-order chi connectivity index (χ1) is 25.3. The normalized spacial score (nSPS) is 11.9. The Morgan fingerprint density at radius 3 is 1.37 bits per heavy atom. The monoisotopic (exact) mass is 662 g/mol. The van der Waals surface area contributed by atoms with Crippen LogP contribution in [0, 0.1) is 0 Å². The molecule has 0 aliphatic rings. The summed E-state index contributed by atoms with van der Waals surface area (Å²) >= 11 is 1.88. The predicted octanol–water partition coefficient (Wildman–Crippen LogP) is 14.8. The maximum atomic E-state index is 2.38. The molecule has 1 heteroatoms. The third-order valence-corrected chi connectivity index (χ3v) is 12.0. The van der Waals surface area contributed by atoms with Crippen molar-refractivity contribution in [3.8, 4) is 33.4 Å². The van der Waals surface area contributed by atoms with Gasteiger partial charge in [0.15, 0.2) is 0 Å². The number of thiophene rings is 1. The highest BCUT2D eigenvalue weighted by Crippen LogP contribution is 2.48. The van der Waals surface area contributed by atoms with Gasteiger partial charge in [0.2, 0.25) is 0 Å². The van der Waals surface area contributed by atoms with Crippen LogP contribution in [-0.4, -0.2) is 0 Å². The molecule has 0 radical (unpaired) electrons. The van der Waals surface area contributed by atoms with Crippen LogP contribution >= 0.6 is 11.3 Å². The summed E-state index contributed by atoms with van der Waals surface area (Å²) in [6.45, 7) is 0. The second-order valence-electron chi connectivity index (χ2n) is 13.5. The third kappa shape index (κ3) is 4.19. The van der Waals surface area contributed by atoms with Crippen LogP contribution in [0.3, 0.4) is 0 Å². The minimum atomic E-state index is 1.26. The lowest BCUT2D eigenvalue weighted by Gasteiger charge is -2.20. The van der Waals surface area contributed by atoms with Crippen LogP contribution in [0.4, 0.5) is 0 Å². The van der Waals surface area contributed by atoms with E-state index in [1.807, 2.05) is 11.3 Å². The quantitative estimate of drug-likeness (QED) is 0.165. The molecular weight excluding hydrogens is 633 g/mol. The third-order valence-electron chi connectivity index (χ3n) is 10.9. The molecule has 11 rings (SSSR count). The van der Waals surface area contributed by atoms with Gasteiger partial charge in [-0.15, -0.1) is 11.3 Å². The van der Waals surface area contributed by atoms with Crippen molar-refractivity contribution in [3.63, 3.8) is 0 Å². The van der Waals surface area contributed by atoms with Crippen molar-refractivity contribution in [1.29, 1.82) is 0 Å². The smallest absolute Gasteiger partial charge is 0.0361 e. The van der Waals surface area contributed by atoms with Crippen molar-refractivity contribution < 1.29 is 0 Å². The zero-order valence-corrected chi connectivity index (χ0v) is 28.5. The van der Waals surface area contributed by atoms with Gasteiger partial charge in [0, 0.05) is 20.2 Å². The van der Waals surface area contributed by atoms with Crippen molar-refractivity contribution in [2.24, 2.45) is 0 Å². The Morgan fingerprint density at radius 2 is 0.667 bits per heavy atom. The second kappa shape index (κ2) is 11.1.